The second-order valence-corrected chi connectivity index (χ2v) is 4.93. The lowest BCUT2D eigenvalue weighted by Gasteiger charge is -2.25. The maximum absolute atomic E-state index is 6.40. The first-order valence-corrected chi connectivity index (χ1v) is 6.31. The fourth-order valence-corrected chi connectivity index (χ4v) is 2.34. The van der Waals surface area contributed by atoms with Gasteiger partial charge in [0.2, 0.25) is 0 Å². The van der Waals surface area contributed by atoms with Crippen LogP contribution in [-0.4, -0.2) is 9.55 Å². The van der Waals surface area contributed by atoms with Crippen molar-refractivity contribution in [2.45, 2.75) is 32.2 Å². The largest absolute Gasteiger partial charge is 0.330 e. The second-order valence-electron chi connectivity index (χ2n) is 4.49. The summed E-state index contributed by atoms with van der Waals surface area (Å²) in [5.41, 5.74) is 8.02. The highest BCUT2D eigenvalue weighted by molar-refractivity contribution is 6.31. The highest BCUT2D eigenvalue weighted by Gasteiger charge is 2.28. The molecule has 1 heterocycles. The van der Waals surface area contributed by atoms with Crippen LogP contribution in [0.5, 0.6) is 0 Å². The summed E-state index contributed by atoms with van der Waals surface area (Å²) < 4.78 is 2.05. The summed E-state index contributed by atoms with van der Waals surface area (Å²) in [5, 5.41) is 0.725. The molecule has 2 rings (SSSR count). The molecule has 17 heavy (non-hydrogen) atoms. The van der Waals surface area contributed by atoms with Gasteiger partial charge >= 0.3 is 0 Å². The van der Waals surface area contributed by atoms with Gasteiger partial charge in [0, 0.05) is 12.1 Å². The van der Waals surface area contributed by atoms with Crippen LogP contribution in [0.15, 0.2) is 18.2 Å². The summed E-state index contributed by atoms with van der Waals surface area (Å²) in [6.45, 7) is 4.19. The van der Waals surface area contributed by atoms with Crippen molar-refractivity contribution < 1.29 is 0 Å². The first-order chi connectivity index (χ1) is 8.01. The zero-order valence-corrected chi connectivity index (χ0v) is 11.3. The molecule has 0 unspecified atom stereocenters. The quantitative estimate of drug-likeness (QED) is 0.911. The number of hydrogen-bond donors (Lipinski definition) is 1. The molecule has 3 nitrogen and oxygen atoms in total. The molecule has 2 N–H and O–H groups in total. The van der Waals surface area contributed by atoms with Crippen molar-refractivity contribution in [1.82, 2.24) is 9.55 Å². The van der Waals surface area contributed by atoms with E-state index >= 15 is 0 Å². The lowest BCUT2D eigenvalue weighted by molar-refractivity contribution is 0.378. The Morgan fingerprint density at radius 1 is 1.35 bits per heavy atom. The van der Waals surface area contributed by atoms with Crippen molar-refractivity contribution in [2.24, 2.45) is 12.8 Å². The molecule has 0 saturated carbocycles. The van der Waals surface area contributed by atoms with E-state index in [-0.39, 0.29) is 5.54 Å². The molecule has 0 aliphatic rings. The number of nitrogens with zero attached hydrogens (tertiary/aromatic N) is 2. The summed E-state index contributed by atoms with van der Waals surface area (Å²) >= 11 is 6.01. The normalized spacial score (nSPS) is 12.3. The number of hydrogen-bond acceptors (Lipinski definition) is 2. The Labute approximate surface area is 107 Å². The van der Waals surface area contributed by atoms with Crippen LogP contribution in [0.1, 0.15) is 32.5 Å². The molecule has 0 spiro atoms. The Balaban J connectivity index is 2.67. The summed E-state index contributed by atoms with van der Waals surface area (Å²) in [5.74, 6) is 0.930. The van der Waals surface area contributed by atoms with E-state index in [4.69, 9.17) is 17.3 Å². The summed E-state index contributed by atoms with van der Waals surface area (Å²) in [7, 11) is 1.99. The van der Waals surface area contributed by atoms with Crippen LogP contribution in [0.4, 0.5) is 0 Å². The summed E-state index contributed by atoms with van der Waals surface area (Å²) in [4.78, 5) is 4.65. The highest BCUT2D eigenvalue weighted by Crippen LogP contribution is 2.28. The van der Waals surface area contributed by atoms with Crippen molar-refractivity contribution in [1.29, 1.82) is 0 Å². The van der Waals surface area contributed by atoms with Crippen molar-refractivity contribution in [3.63, 3.8) is 0 Å². The number of fused-ring (bicyclic) bond motifs is 1. The molecule has 1 aromatic carbocycles. The van der Waals surface area contributed by atoms with Crippen molar-refractivity contribution >= 4 is 22.6 Å². The first kappa shape index (κ1) is 12.4. The van der Waals surface area contributed by atoms with Gasteiger partial charge < -0.3 is 10.3 Å². The molecule has 0 atom stereocenters. The van der Waals surface area contributed by atoms with Gasteiger partial charge in [-0.1, -0.05) is 25.4 Å². The van der Waals surface area contributed by atoms with E-state index in [0.29, 0.717) is 0 Å². The van der Waals surface area contributed by atoms with E-state index in [1.807, 2.05) is 29.8 Å². The summed E-state index contributed by atoms with van der Waals surface area (Å²) in [6, 6.07) is 5.72. The van der Waals surface area contributed by atoms with Gasteiger partial charge in [0.05, 0.1) is 16.6 Å². The smallest absolute Gasteiger partial charge is 0.129 e. The van der Waals surface area contributed by atoms with Crippen LogP contribution in [-0.2, 0) is 12.6 Å². The van der Waals surface area contributed by atoms with E-state index in [2.05, 4.69) is 18.8 Å². The standard InChI is InChI=1S/C13H18ClN3/c1-4-13(15,5-2)12-16-10-7-6-9(14)8-11(10)17(12)3/h6-8H,4-5,15H2,1-3H3. The van der Waals surface area contributed by atoms with Gasteiger partial charge in [-0.25, -0.2) is 4.98 Å². The van der Waals surface area contributed by atoms with Gasteiger partial charge in [-0.15, -0.1) is 0 Å². The van der Waals surface area contributed by atoms with Crippen molar-refractivity contribution in [3.05, 3.63) is 29.0 Å². The number of nitrogens with two attached hydrogens (primary N) is 1. The fraction of sp³-hybridized carbons (Fsp3) is 0.462. The van der Waals surface area contributed by atoms with E-state index in [0.717, 1.165) is 34.7 Å². The lowest BCUT2D eigenvalue weighted by atomic mass is 9.93. The minimum atomic E-state index is -0.361. The van der Waals surface area contributed by atoms with Crippen molar-refractivity contribution in [2.75, 3.05) is 0 Å². The number of imidazole rings is 1. The van der Waals surface area contributed by atoms with Gasteiger partial charge in [0.1, 0.15) is 5.82 Å². The van der Waals surface area contributed by atoms with E-state index in [1.54, 1.807) is 0 Å². The Hall–Kier alpha value is -1.06. The zero-order valence-electron chi connectivity index (χ0n) is 10.5. The highest BCUT2D eigenvalue weighted by atomic mass is 35.5. The minimum absolute atomic E-state index is 0.361. The van der Waals surface area contributed by atoms with E-state index in [1.165, 1.54) is 0 Å². The zero-order chi connectivity index (χ0) is 12.6. The molecular weight excluding hydrogens is 234 g/mol. The third-order valence-electron chi connectivity index (χ3n) is 3.55. The fourth-order valence-electron chi connectivity index (χ4n) is 2.17. The van der Waals surface area contributed by atoms with Crippen molar-refractivity contribution in [3.8, 4) is 0 Å². The predicted octanol–water partition coefficient (Wildman–Crippen LogP) is 3.20. The molecule has 92 valence electrons. The van der Waals surface area contributed by atoms with Crippen LogP contribution >= 0.6 is 11.6 Å². The predicted molar refractivity (Wildman–Crippen MR) is 72.2 cm³/mol. The van der Waals surface area contributed by atoms with Crippen LogP contribution in [0.25, 0.3) is 11.0 Å². The third kappa shape index (κ3) is 1.94. The molecule has 0 bridgehead atoms. The van der Waals surface area contributed by atoms with Gasteiger partial charge in [0.25, 0.3) is 0 Å². The molecule has 0 aliphatic heterocycles. The Morgan fingerprint density at radius 2 is 2.00 bits per heavy atom. The summed E-state index contributed by atoms with van der Waals surface area (Å²) in [6.07, 6.45) is 1.74. The van der Waals surface area contributed by atoms with Gasteiger partial charge in [0.15, 0.2) is 0 Å². The van der Waals surface area contributed by atoms with Gasteiger partial charge in [-0.3, -0.25) is 0 Å². The van der Waals surface area contributed by atoms with Gasteiger partial charge in [-0.05, 0) is 31.0 Å². The lowest BCUT2D eigenvalue weighted by Crippen LogP contribution is -2.37. The SMILES string of the molecule is CCC(N)(CC)c1nc2ccc(Cl)cc2n1C. The molecule has 0 radical (unpaired) electrons. The molecule has 2 aromatic rings. The Kier molecular flexibility index (Phi) is 3.15. The maximum Gasteiger partial charge on any atom is 0.129 e. The number of aryl methyl sites for hydroxylation is 1. The molecule has 1 aromatic heterocycles. The minimum Gasteiger partial charge on any atom is -0.330 e. The van der Waals surface area contributed by atoms with Crippen LogP contribution in [0.3, 0.4) is 0 Å². The molecule has 0 fully saturated rings. The number of benzene rings is 1. The van der Waals surface area contributed by atoms with Crippen LogP contribution in [0.2, 0.25) is 5.02 Å². The first-order valence-electron chi connectivity index (χ1n) is 5.93. The molecule has 4 heteroatoms. The Morgan fingerprint density at radius 3 is 2.59 bits per heavy atom. The monoisotopic (exact) mass is 251 g/mol. The molecule has 0 amide bonds. The average Bonchev–Trinajstić information content (AvgIpc) is 2.66. The molecule has 0 aliphatic carbocycles. The molecular formula is C13H18ClN3. The number of aromatic nitrogens is 2. The average molecular weight is 252 g/mol. The number of halogens is 1. The Bertz CT molecular complexity index is 541. The topological polar surface area (TPSA) is 43.8 Å². The molecule has 0 saturated heterocycles. The number of rotatable bonds is 3. The van der Waals surface area contributed by atoms with E-state index in [9.17, 15) is 0 Å². The second kappa shape index (κ2) is 4.31. The maximum atomic E-state index is 6.40. The van der Waals surface area contributed by atoms with Crippen LogP contribution < -0.4 is 5.73 Å². The van der Waals surface area contributed by atoms with E-state index < -0.39 is 0 Å². The van der Waals surface area contributed by atoms with Gasteiger partial charge in [-0.2, -0.15) is 0 Å². The third-order valence-corrected chi connectivity index (χ3v) is 3.79. The van der Waals surface area contributed by atoms with Crippen LogP contribution in [0, 0.1) is 0 Å².